The normalized spacial score (nSPS) is 10.8. The van der Waals surface area contributed by atoms with Crippen molar-refractivity contribution in [1.82, 2.24) is 14.4 Å². The van der Waals surface area contributed by atoms with Crippen LogP contribution in [-0.2, 0) is 0 Å². The summed E-state index contributed by atoms with van der Waals surface area (Å²) in [6, 6.07) is 3.75. The number of rotatable bonds is 3. The number of ether oxygens (including phenoxy) is 2. The van der Waals surface area contributed by atoms with Crippen molar-refractivity contribution in [3.63, 3.8) is 0 Å². The Bertz CT molecular complexity index is 676. The number of methoxy groups -OCH3 is 2. The fourth-order valence-corrected chi connectivity index (χ4v) is 2.38. The summed E-state index contributed by atoms with van der Waals surface area (Å²) in [6.45, 7) is 0. The Hall–Kier alpha value is -2.08. The van der Waals surface area contributed by atoms with E-state index in [0.29, 0.717) is 17.5 Å². The van der Waals surface area contributed by atoms with E-state index in [9.17, 15) is 0 Å². The van der Waals surface area contributed by atoms with Gasteiger partial charge in [-0.1, -0.05) is 0 Å². The molecule has 3 heterocycles. The average molecular weight is 261 g/mol. The predicted octanol–water partition coefficient (Wildman–Crippen LogP) is 2.48. The maximum atomic E-state index is 5.31. The lowest BCUT2D eigenvalue weighted by molar-refractivity contribution is 0.369. The smallest absolute Gasteiger partial charge is 0.240 e. The molecule has 6 heteroatoms. The number of thiophene rings is 1. The molecule has 18 heavy (non-hydrogen) atoms. The number of nitrogens with zero attached hydrogens (tertiary/aromatic N) is 3. The Morgan fingerprint density at radius 1 is 1.22 bits per heavy atom. The number of hydrogen-bond donors (Lipinski definition) is 0. The minimum absolute atomic E-state index is 0.488. The van der Waals surface area contributed by atoms with Gasteiger partial charge in [-0.3, -0.25) is 4.40 Å². The zero-order valence-electron chi connectivity index (χ0n) is 9.95. The van der Waals surface area contributed by atoms with E-state index in [2.05, 4.69) is 9.97 Å². The van der Waals surface area contributed by atoms with Crippen molar-refractivity contribution in [2.24, 2.45) is 0 Å². The van der Waals surface area contributed by atoms with Crippen LogP contribution in [0, 0.1) is 0 Å². The monoisotopic (exact) mass is 261 g/mol. The van der Waals surface area contributed by atoms with Crippen LogP contribution in [0.4, 0.5) is 0 Å². The molecule has 0 unspecified atom stereocenters. The van der Waals surface area contributed by atoms with Gasteiger partial charge in [0.1, 0.15) is 0 Å². The van der Waals surface area contributed by atoms with E-state index in [0.717, 1.165) is 11.3 Å². The van der Waals surface area contributed by atoms with Crippen LogP contribution < -0.4 is 9.47 Å². The van der Waals surface area contributed by atoms with Crippen molar-refractivity contribution in [1.29, 1.82) is 0 Å². The first kappa shape index (κ1) is 11.0. The summed E-state index contributed by atoms with van der Waals surface area (Å²) in [7, 11) is 3.18. The molecular weight excluding hydrogens is 250 g/mol. The van der Waals surface area contributed by atoms with Crippen molar-refractivity contribution in [3.05, 3.63) is 29.1 Å². The summed E-state index contributed by atoms with van der Waals surface area (Å²) < 4.78 is 12.2. The Labute approximate surface area is 108 Å². The lowest BCUT2D eigenvalue weighted by atomic mass is 10.3. The van der Waals surface area contributed by atoms with Gasteiger partial charge in [0.25, 0.3) is 0 Å². The number of hydrogen-bond acceptors (Lipinski definition) is 5. The fraction of sp³-hybridized carbons (Fsp3) is 0.167. The molecular formula is C12H11N3O2S. The summed E-state index contributed by atoms with van der Waals surface area (Å²) in [5, 5.41) is 4.07. The van der Waals surface area contributed by atoms with Gasteiger partial charge in [-0.05, 0) is 11.4 Å². The summed E-state index contributed by atoms with van der Waals surface area (Å²) in [6.07, 6.45) is 1.91. The van der Waals surface area contributed by atoms with E-state index < -0.39 is 0 Å². The molecule has 0 saturated carbocycles. The molecule has 3 aromatic rings. The van der Waals surface area contributed by atoms with Gasteiger partial charge in [-0.2, -0.15) is 16.3 Å². The van der Waals surface area contributed by atoms with Gasteiger partial charge in [-0.15, -0.1) is 0 Å². The van der Waals surface area contributed by atoms with Gasteiger partial charge < -0.3 is 9.47 Å². The van der Waals surface area contributed by atoms with Crippen LogP contribution >= 0.6 is 11.3 Å². The van der Waals surface area contributed by atoms with Gasteiger partial charge in [0.05, 0.1) is 26.0 Å². The topological polar surface area (TPSA) is 48.7 Å². The second kappa shape index (κ2) is 4.30. The molecule has 3 rings (SSSR count). The first-order chi connectivity index (χ1) is 8.81. The molecule has 0 spiro atoms. The summed E-state index contributed by atoms with van der Waals surface area (Å²) in [4.78, 5) is 8.76. The second-order valence-electron chi connectivity index (χ2n) is 3.65. The minimum atomic E-state index is 0.488. The molecule has 0 atom stereocenters. The van der Waals surface area contributed by atoms with E-state index in [1.54, 1.807) is 36.0 Å². The third-order valence-electron chi connectivity index (χ3n) is 2.62. The van der Waals surface area contributed by atoms with Crippen molar-refractivity contribution in [3.8, 4) is 23.0 Å². The molecule has 0 aliphatic rings. The van der Waals surface area contributed by atoms with Gasteiger partial charge in [0.2, 0.25) is 17.5 Å². The van der Waals surface area contributed by atoms with E-state index >= 15 is 0 Å². The molecule has 0 saturated heterocycles. The van der Waals surface area contributed by atoms with Gasteiger partial charge in [-0.25, -0.2) is 4.98 Å². The lowest BCUT2D eigenvalue weighted by Crippen LogP contribution is -1.97. The van der Waals surface area contributed by atoms with Crippen molar-refractivity contribution < 1.29 is 9.47 Å². The minimum Gasteiger partial charge on any atom is -0.482 e. The quantitative estimate of drug-likeness (QED) is 0.726. The summed E-state index contributed by atoms with van der Waals surface area (Å²) in [5.41, 5.74) is 1.95. The molecule has 0 bridgehead atoms. The molecule has 0 radical (unpaired) electrons. The van der Waals surface area contributed by atoms with Crippen LogP contribution in [0.2, 0.25) is 0 Å². The number of fused-ring (bicyclic) bond motifs is 1. The second-order valence-corrected chi connectivity index (χ2v) is 4.43. The molecule has 0 fully saturated rings. The molecule has 0 aliphatic carbocycles. The van der Waals surface area contributed by atoms with Crippen LogP contribution in [0.1, 0.15) is 0 Å². The fourth-order valence-electron chi connectivity index (χ4n) is 1.73. The van der Waals surface area contributed by atoms with Crippen LogP contribution in [0.5, 0.6) is 11.8 Å². The predicted molar refractivity (Wildman–Crippen MR) is 69.4 cm³/mol. The maximum absolute atomic E-state index is 5.31. The van der Waals surface area contributed by atoms with Gasteiger partial charge in [0.15, 0.2) is 0 Å². The lowest BCUT2D eigenvalue weighted by Gasteiger charge is -2.04. The summed E-state index contributed by atoms with van der Waals surface area (Å²) >= 11 is 1.64. The molecule has 0 aliphatic heterocycles. The van der Waals surface area contributed by atoms with Crippen LogP contribution in [0.25, 0.3) is 17.0 Å². The van der Waals surface area contributed by atoms with Crippen LogP contribution in [-0.4, -0.2) is 28.6 Å². The van der Waals surface area contributed by atoms with Crippen LogP contribution in [0.3, 0.4) is 0 Å². The van der Waals surface area contributed by atoms with E-state index in [1.807, 2.05) is 23.0 Å². The zero-order valence-corrected chi connectivity index (χ0v) is 10.8. The van der Waals surface area contributed by atoms with Gasteiger partial charge >= 0.3 is 0 Å². The van der Waals surface area contributed by atoms with E-state index in [1.165, 1.54) is 0 Å². The van der Waals surface area contributed by atoms with Crippen LogP contribution in [0.15, 0.2) is 29.1 Å². The Kier molecular flexibility index (Phi) is 2.64. The highest BCUT2D eigenvalue weighted by Crippen LogP contribution is 2.25. The standard InChI is InChI=1S/C12H11N3O2S/c1-16-10-5-11(17-2)15-6-9(13-12(15)14-10)8-3-4-18-7-8/h3-7H,1-2H3. The van der Waals surface area contributed by atoms with E-state index in [-0.39, 0.29) is 0 Å². The molecule has 0 aromatic carbocycles. The third kappa shape index (κ3) is 1.70. The Morgan fingerprint density at radius 2 is 2.11 bits per heavy atom. The Balaban J connectivity index is 2.22. The van der Waals surface area contributed by atoms with Crippen molar-refractivity contribution >= 4 is 17.1 Å². The largest absolute Gasteiger partial charge is 0.482 e. The highest BCUT2D eigenvalue weighted by Gasteiger charge is 2.11. The number of aromatic nitrogens is 3. The molecule has 5 nitrogen and oxygen atoms in total. The highest BCUT2D eigenvalue weighted by molar-refractivity contribution is 7.08. The van der Waals surface area contributed by atoms with Gasteiger partial charge in [0, 0.05) is 17.1 Å². The summed E-state index contributed by atoms with van der Waals surface area (Å²) in [5.74, 6) is 1.69. The SMILES string of the molecule is COc1cc(OC)n2cc(-c3ccsc3)nc2n1. The average Bonchev–Trinajstić information content (AvgIpc) is 3.05. The van der Waals surface area contributed by atoms with E-state index in [4.69, 9.17) is 9.47 Å². The van der Waals surface area contributed by atoms with Crippen molar-refractivity contribution in [2.45, 2.75) is 0 Å². The highest BCUT2D eigenvalue weighted by atomic mass is 32.1. The molecule has 0 amide bonds. The zero-order chi connectivity index (χ0) is 12.5. The third-order valence-corrected chi connectivity index (χ3v) is 3.30. The van der Waals surface area contributed by atoms with Crippen molar-refractivity contribution in [2.75, 3.05) is 14.2 Å². The molecule has 0 N–H and O–H groups in total. The molecule has 92 valence electrons. The first-order valence-corrected chi connectivity index (χ1v) is 6.27. The maximum Gasteiger partial charge on any atom is 0.240 e. The molecule has 3 aromatic heterocycles. The number of imidazole rings is 1. The Morgan fingerprint density at radius 3 is 2.78 bits per heavy atom. The first-order valence-electron chi connectivity index (χ1n) is 5.32.